The lowest BCUT2D eigenvalue weighted by molar-refractivity contribution is -0.146. The molecule has 0 aliphatic heterocycles. The van der Waals surface area contributed by atoms with Gasteiger partial charge in [-0.05, 0) is 35.9 Å². The number of halogens is 1. The second-order valence-corrected chi connectivity index (χ2v) is 5.25. The van der Waals surface area contributed by atoms with E-state index in [9.17, 15) is 14.0 Å². The zero-order valence-corrected chi connectivity index (χ0v) is 12.7. The fraction of sp³-hybridized carbons (Fsp3) is 0.111. The molecule has 0 aliphatic carbocycles. The van der Waals surface area contributed by atoms with Crippen LogP contribution < -0.4 is 5.32 Å². The van der Waals surface area contributed by atoms with Gasteiger partial charge in [0, 0.05) is 22.8 Å². The van der Waals surface area contributed by atoms with Gasteiger partial charge in [-0.3, -0.25) is 9.59 Å². The topological polar surface area (TPSA) is 71.2 Å². The average molecular weight is 326 g/mol. The molecule has 5 nitrogen and oxygen atoms in total. The molecule has 0 spiro atoms. The first-order chi connectivity index (χ1) is 11.6. The van der Waals surface area contributed by atoms with Crippen molar-refractivity contribution in [2.24, 2.45) is 0 Å². The van der Waals surface area contributed by atoms with Gasteiger partial charge in [-0.25, -0.2) is 4.39 Å². The largest absolute Gasteiger partial charge is 0.455 e. The Kier molecular flexibility index (Phi) is 4.56. The molecule has 0 saturated heterocycles. The van der Waals surface area contributed by atoms with Gasteiger partial charge in [0.05, 0.1) is 6.42 Å². The fourth-order valence-corrected chi connectivity index (χ4v) is 2.36. The fourth-order valence-electron chi connectivity index (χ4n) is 2.36. The third-order valence-corrected chi connectivity index (χ3v) is 3.50. The van der Waals surface area contributed by atoms with Crippen molar-refractivity contribution in [1.82, 2.24) is 4.98 Å². The molecule has 0 saturated carbocycles. The van der Waals surface area contributed by atoms with E-state index >= 15 is 0 Å². The summed E-state index contributed by atoms with van der Waals surface area (Å²) in [6.07, 6.45) is 1.83. The number of anilines is 1. The van der Waals surface area contributed by atoms with Gasteiger partial charge in [0.2, 0.25) is 0 Å². The van der Waals surface area contributed by atoms with E-state index in [2.05, 4.69) is 10.3 Å². The number of nitrogens with one attached hydrogen (secondary N) is 2. The lowest BCUT2D eigenvalue weighted by Gasteiger charge is -2.06. The molecule has 0 atom stereocenters. The van der Waals surface area contributed by atoms with Crippen molar-refractivity contribution in [2.45, 2.75) is 6.42 Å². The molecule has 0 radical (unpaired) electrons. The number of aromatic amines is 1. The van der Waals surface area contributed by atoms with Crippen molar-refractivity contribution >= 4 is 28.5 Å². The van der Waals surface area contributed by atoms with Crippen molar-refractivity contribution in [3.63, 3.8) is 0 Å². The maximum atomic E-state index is 12.8. The van der Waals surface area contributed by atoms with Gasteiger partial charge in [-0.15, -0.1) is 0 Å². The van der Waals surface area contributed by atoms with Crippen molar-refractivity contribution in [2.75, 3.05) is 11.9 Å². The van der Waals surface area contributed by atoms with Crippen LogP contribution in [0.1, 0.15) is 5.56 Å². The van der Waals surface area contributed by atoms with Crippen molar-refractivity contribution < 1.29 is 18.7 Å². The molecule has 0 aliphatic rings. The normalized spacial score (nSPS) is 10.5. The number of H-pyrrole nitrogens is 1. The van der Waals surface area contributed by atoms with Crippen LogP contribution in [0.5, 0.6) is 0 Å². The molecule has 24 heavy (non-hydrogen) atoms. The van der Waals surface area contributed by atoms with Crippen LogP contribution in [0.15, 0.2) is 54.7 Å². The van der Waals surface area contributed by atoms with Gasteiger partial charge in [0.25, 0.3) is 5.91 Å². The summed E-state index contributed by atoms with van der Waals surface area (Å²) < 4.78 is 17.8. The standard InChI is InChI=1S/C18H15FN2O3/c19-13-5-7-14(8-6-13)21-17(22)11-24-18(23)9-12-10-20-16-4-2-1-3-15(12)16/h1-8,10,20H,9,11H2,(H,21,22). The van der Waals surface area contributed by atoms with Crippen molar-refractivity contribution in [3.8, 4) is 0 Å². The predicted octanol–water partition coefficient (Wildman–Crippen LogP) is 3.03. The Morgan fingerprint density at radius 3 is 2.62 bits per heavy atom. The molecule has 0 unspecified atom stereocenters. The van der Waals surface area contributed by atoms with E-state index < -0.39 is 24.3 Å². The number of amides is 1. The molecule has 2 aromatic carbocycles. The highest BCUT2D eigenvalue weighted by atomic mass is 19.1. The number of esters is 1. The smallest absolute Gasteiger partial charge is 0.310 e. The molecular formula is C18H15FN2O3. The summed E-state index contributed by atoms with van der Waals surface area (Å²) in [6, 6.07) is 13.0. The van der Waals surface area contributed by atoms with E-state index in [1.807, 2.05) is 24.3 Å². The molecule has 1 heterocycles. The molecule has 0 fully saturated rings. The van der Waals surface area contributed by atoms with Crippen LogP contribution in [0.4, 0.5) is 10.1 Å². The third kappa shape index (κ3) is 3.78. The first-order valence-electron chi connectivity index (χ1n) is 7.38. The minimum atomic E-state index is -0.492. The number of hydrogen-bond donors (Lipinski definition) is 2. The highest BCUT2D eigenvalue weighted by Gasteiger charge is 2.11. The van der Waals surface area contributed by atoms with Gasteiger partial charge in [0.1, 0.15) is 5.82 Å². The second kappa shape index (κ2) is 6.95. The lowest BCUT2D eigenvalue weighted by atomic mass is 10.1. The second-order valence-electron chi connectivity index (χ2n) is 5.25. The summed E-state index contributed by atoms with van der Waals surface area (Å²) in [5.41, 5.74) is 2.19. The number of carbonyl (C=O) groups is 2. The minimum Gasteiger partial charge on any atom is -0.455 e. The number of carbonyl (C=O) groups excluding carboxylic acids is 2. The minimum absolute atomic E-state index is 0.0772. The van der Waals surface area contributed by atoms with E-state index in [1.165, 1.54) is 24.3 Å². The van der Waals surface area contributed by atoms with Crippen LogP contribution in [-0.2, 0) is 20.7 Å². The van der Waals surface area contributed by atoms with E-state index in [4.69, 9.17) is 4.74 Å². The van der Waals surface area contributed by atoms with Crippen LogP contribution in [0, 0.1) is 5.82 Å². The van der Waals surface area contributed by atoms with Gasteiger partial charge in [-0.1, -0.05) is 18.2 Å². The SMILES string of the molecule is O=C(COC(=O)Cc1c[nH]c2ccccc12)Nc1ccc(F)cc1. The van der Waals surface area contributed by atoms with Gasteiger partial charge >= 0.3 is 5.97 Å². The van der Waals surface area contributed by atoms with Crippen LogP contribution >= 0.6 is 0 Å². The Morgan fingerprint density at radius 1 is 1.08 bits per heavy atom. The summed E-state index contributed by atoms with van der Waals surface area (Å²) in [5.74, 6) is -1.36. The number of para-hydroxylation sites is 1. The van der Waals surface area contributed by atoms with E-state index in [0.29, 0.717) is 5.69 Å². The van der Waals surface area contributed by atoms with Crippen LogP contribution in [-0.4, -0.2) is 23.5 Å². The van der Waals surface area contributed by atoms with Crippen molar-refractivity contribution in [1.29, 1.82) is 0 Å². The van der Waals surface area contributed by atoms with Crippen molar-refractivity contribution in [3.05, 3.63) is 66.1 Å². The Bertz CT molecular complexity index is 871. The van der Waals surface area contributed by atoms with Crippen LogP contribution in [0.3, 0.4) is 0 Å². The Balaban J connectivity index is 1.52. The summed E-state index contributed by atoms with van der Waals surface area (Å²) >= 11 is 0. The quantitative estimate of drug-likeness (QED) is 0.708. The molecule has 2 N–H and O–H groups in total. The molecule has 122 valence electrons. The highest BCUT2D eigenvalue weighted by Crippen LogP contribution is 2.18. The molecule has 0 bridgehead atoms. The Morgan fingerprint density at radius 2 is 1.83 bits per heavy atom. The highest BCUT2D eigenvalue weighted by molar-refractivity contribution is 5.93. The summed E-state index contributed by atoms with van der Waals surface area (Å²) in [6.45, 7) is -0.390. The Labute approximate surface area is 137 Å². The number of ether oxygens (including phenoxy) is 1. The number of rotatable bonds is 5. The number of hydrogen-bond acceptors (Lipinski definition) is 3. The third-order valence-electron chi connectivity index (χ3n) is 3.50. The predicted molar refractivity (Wildman–Crippen MR) is 88.0 cm³/mol. The van der Waals surface area contributed by atoms with E-state index in [0.717, 1.165) is 16.5 Å². The number of benzene rings is 2. The summed E-state index contributed by atoms with van der Waals surface area (Å²) in [7, 11) is 0. The van der Waals surface area contributed by atoms with E-state index in [1.54, 1.807) is 6.20 Å². The maximum Gasteiger partial charge on any atom is 0.310 e. The van der Waals surface area contributed by atoms with E-state index in [-0.39, 0.29) is 6.42 Å². The molecule has 3 rings (SSSR count). The zero-order chi connectivity index (χ0) is 16.9. The van der Waals surface area contributed by atoms with Crippen LogP contribution in [0.2, 0.25) is 0 Å². The maximum absolute atomic E-state index is 12.8. The molecule has 6 heteroatoms. The number of fused-ring (bicyclic) bond motifs is 1. The molecule has 3 aromatic rings. The zero-order valence-electron chi connectivity index (χ0n) is 12.7. The van der Waals surface area contributed by atoms with Gasteiger partial charge in [-0.2, -0.15) is 0 Å². The summed E-state index contributed by atoms with van der Waals surface area (Å²) in [4.78, 5) is 26.7. The number of aromatic nitrogens is 1. The lowest BCUT2D eigenvalue weighted by Crippen LogP contribution is -2.21. The Hall–Kier alpha value is -3.15. The van der Waals surface area contributed by atoms with Gasteiger partial charge < -0.3 is 15.0 Å². The molecular weight excluding hydrogens is 311 g/mol. The average Bonchev–Trinajstić information content (AvgIpc) is 2.98. The first-order valence-corrected chi connectivity index (χ1v) is 7.38. The molecule has 1 aromatic heterocycles. The summed E-state index contributed by atoms with van der Waals surface area (Å²) in [5, 5.41) is 3.47. The molecule has 1 amide bonds. The van der Waals surface area contributed by atoms with Gasteiger partial charge in [0.15, 0.2) is 6.61 Å². The first kappa shape index (κ1) is 15.7. The van der Waals surface area contributed by atoms with Crippen LogP contribution in [0.25, 0.3) is 10.9 Å². The monoisotopic (exact) mass is 326 g/mol.